The Morgan fingerprint density at radius 2 is 2.13 bits per heavy atom. The number of nitrogens with two attached hydrogens (primary N) is 1. The van der Waals surface area contributed by atoms with Crippen LogP contribution in [0.5, 0.6) is 0 Å². The van der Waals surface area contributed by atoms with Gasteiger partial charge in [0, 0.05) is 12.7 Å². The Morgan fingerprint density at radius 1 is 1.33 bits per heavy atom. The average molecular weight is 227 g/mol. The Bertz CT molecular complexity index is 260. The molecule has 15 heavy (non-hydrogen) atoms. The quantitative estimate of drug-likeness (QED) is 0.694. The maximum atomic E-state index is 5.53. The molecular weight excluding hydrogens is 206 g/mol. The van der Waals surface area contributed by atoms with Crippen molar-refractivity contribution in [2.45, 2.75) is 39.2 Å². The Labute approximate surface area is 96.4 Å². The van der Waals surface area contributed by atoms with Gasteiger partial charge in [-0.15, -0.1) is 0 Å². The zero-order chi connectivity index (χ0) is 10.9. The fourth-order valence-electron chi connectivity index (χ4n) is 1.39. The molecule has 1 aromatic heterocycles. The van der Waals surface area contributed by atoms with Gasteiger partial charge < -0.3 is 5.73 Å². The molecule has 0 aliphatic carbocycles. The first kappa shape index (κ1) is 12.4. The molecule has 0 bridgehead atoms. The zero-order valence-electron chi connectivity index (χ0n) is 9.48. The molecule has 0 saturated heterocycles. The number of hydrogen-bond acceptors (Lipinski definition) is 3. The number of thioether (sulfide) groups is 1. The second-order valence-electron chi connectivity index (χ2n) is 3.68. The van der Waals surface area contributed by atoms with Crippen LogP contribution in [-0.4, -0.2) is 21.3 Å². The van der Waals surface area contributed by atoms with Gasteiger partial charge in [0.15, 0.2) is 0 Å². The zero-order valence-corrected chi connectivity index (χ0v) is 10.3. The predicted molar refractivity (Wildman–Crippen MR) is 68.1 cm³/mol. The summed E-state index contributed by atoms with van der Waals surface area (Å²) in [5.74, 6) is 3.14. The molecule has 0 spiro atoms. The van der Waals surface area contributed by atoms with Crippen molar-refractivity contribution in [3.8, 4) is 0 Å². The third-order valence-corrected chi connectivity index (χ3v) is 3.38. The van der Waals surface area contributed by atoms with Gasteiger partial charge in [-0.3, -0.25) is 4.68 Å². The van der Waals surface area contributed by atoms with Crippen LogP contribution in [0.4, 0.5) is 5.82 Å². The van der Waals surface area contributed by atoms with Gasteiger partial charge in [-0.1, -0.05) is 19.8 Å². The number of anilines is 1. The Morgan fingerprint density at radius 3 is 2.80 bits per heavy atom. The topological polar surface area (TPSA) is 43.8 Å². The molecule has 0 atom stereocenters. The fourth-order valence-corrected chi connectivity index (χ4v) is 2.33. The van der Waals surface area contributed by atoms with Crippen LogP contribution in [0.15, 0.2) is 12.3 Å². The highest BCUT2D eigenvalue weighted by Crippen LogP contribution is 2.08. The van der Waals surface area contributed by atoms with E-state index in [1.54, 1.807) is 0 Å². The fraction of sp³-hybridized carbons (Fsp3) is 0.727. The van der Waals surface area contributed by atoms with E-state index in [1.165, 1.54) is 37.2 Å². The van der Waals surface area contributed by atoms with Crippen molar-refractivity contribution in [2.75, 3.05) is 17.2 Å². The van der Waals surface area contributed by atoms with Crippen molar-refractivity contribution in [3.63, 3.8) is 0 Å². The van der Waals surface area contributed by atoms with E-state index < -0.39 is 0 Å². The highest BCUT2D eigenvalue weighted by atomic mass is 32.2. The highest BCUT2D eigenvalue weighted by Gasteiger charge is 1.94. The minimum absolute atomic E-state index is 0.616. The summed E-state index contributed by atoms with van der Waals surface area (Å²) >= 11 is 2.05. The van der Waals surface area contributed by atoms with Crippen molar-refractivity contribution in [1.29, 1.82) is 0 Å². The molecule has 0 radical (unpaired) electrons. The van der Waals surface area contributed by atoms with Crippen LogP contribution in [0.25, 0.3) is 0 Å². The largest absolute Gasteiger partial charge is 0.382 e. The lowest BCUT2D eigenvalue weighted by atomic mass is 10.3. The van der Waals surface area contributed by atoms with Crippen molar-refractivity contribution >= 4 is 17.6 Å². The number of nitrogens with zero attached hydrogens (tertiary/aromatic N) is 2. The number of rotatable bonds is 8. The van der Waals surface area contributed by atoms with Gasteiger partial charge in [-0.05, 0) is 30.4 Å². The van der Waals surface area contributed by atoms with Gasteiger partial charge in [0.2, 0.25) is 0 Å². The van der Waals surface area contributed by atoms with Gasteiger partial charge in [0.1, 0.15) is 5.82 Å². The minimum Gasteiger partial charge on any atom is -0.382 e. The second-order valence-corrected chi connectivity index (χ2v) is 4.90. The lowest BCUT2D eigenvalue weighted by Crippen LogP contribution is -2.00. The van der Waals surface area contributed by atoms with Crippen LogP contribution in [0.3, 0.4) is 0 Å². The van der Waals surface area contributed by atoms with E-state index in [9.17, 15) is 0 Å². The van der Waals surface area contributed by atoms with Gasteiger partial charge in [-0.2, -0.15) is 16.9 Å². The molecule has 1 rings (SSSR count). The summed E-state index contributed by atoms with van der Waals surface area (Å²) in [5.41, 5.74) is 5.53. The summed E-state index contributed by atoms with van der Waals surface area (Å²) < 4.78 is 1.92. The SMILES string of the molecule is CCCCCSCCCn1ccc(N)n1. The Balaban J connectivity index is 1.93. The van der Waals surface area contributed by atoms with Crippen LogP contribution in [0.2, 0.25) is 0 Å². The van der Waals surface area contributed by atoms with E-state index in [4.69, 9.17) is 5.73 Å². The third kappa shape index (κ3) is 5.72. The number of unbranched alkanes of at least 4 members (excludes halogenated alkanes) is 2. The maximum absolute atomic E-state index is 5.53. The summed E-state index contributed by atoms with van der Waals surface area (Å²) in [7, 11) is 0. The summed E-state index contributed by atoms with van der Waals surface area (Å²) in [6.45, 7) is 3.23. The second kappa shape index (κ2) is 7.63. The first-order valence-corrected chi connectivity index (χ1v) is 6.85. The smallest absolute Gasteiger partial charge is 0.145 e. The maximum Gasteiger partial charge on any atom is 0.145 e. The molecule has 0 amide bonds. The van der Waals surface area contributed by atoms with Gasteiger partial charge in [0.05, 0.1) is 0 Å². The molecule has 0 aliphatic heterocycles. The standard InChI is InChI=1S/C11H21N3S/c1-2-3-4-9-15-10-5-7-14-8-6-11(12)13-14/h6,8H,2-5,7,9-10H2,1H3,(H2,12,13). The van der Waals surface area contributed by atoms with Gasteiger partial charge in [-0.25, -0.2) is 0 Å². The van der Waals surface area contributed by atoms with Gasteiger partial charge >= 0.3 is 0 Å². The third-order valence-electron chi connectivity index (χ3n) is 2.23. The highest BCUT2D eigenvalue weighted by molar-refractivity contribution is 7.99. The summed E-state index contributed by atoms with van der Waals surface area (Å²) in [4.78, 5) is 0. The lowest BCUT2D eigenvalue weighted by Gasteiger charge is -2.01. The Kier molecular flexibility index (Phi) is 6.32. The number of aromatic nitrogens is 2. The predicted octanol–water partition coefficient (Wildman–Crippen LogP) is 2.78. The molecule has 0 fully saturated rings. The summed E-state index contributed by atoms with van der Waals surface area (Å²) in [6.07, 6.45) is 7.15. The molecule has 3 nitrogen and oxygen atoms in total. The van der Waals surface area contributed by atoms with Crippen LogP contribution in [0.1, 0.15) is 32.6 Å². The van der Waals surface area contributed by atoms with E-state index in [0.29, 0.717) is 5.82 Å². The van der Waals surface area contributed by atoms with E-state index in [0.717, 1.165) is 6.54 Å². The first-order valence-electron chi connectivity index (χ1n) is 5.69. The van der Waals surface area contributed by atoms with E-state index in [2.05, 4.69) is 12.0 Å². The van der Waals surface area contributed by atoms with Crippen LogP contribution in [0, 0.1) is 0 Å². The molecular formula is C11H21N3S. The number of hydrogen-bond donors (Lipinski definition) is 1. The van der Waals surface area contributed by atoms with Crippen molar-refractivity contribution in [2.24, 2.45) is 0 Å². The van der Waals surface area contributed by atoms with E-state index in [-0.39, 0.29) is 0 Å². The van der Waals surface area contributed by atoms with Crippen molar-refractivity contribution in [1.82, 2.24) is 9.78 Å². The first-order chi connectivity index (χ1) is 7.33. The number of aryl methyl sites for hydroxylation is 1. The average Bonchev–Trinajstić information content (AvgIpc) is 2.63. The molecule has 1 aromatic rings. The van der Waals surface area contributed by atoms with Crippen molar-refractivity contribution < 1.29 is 0 Å². The van der Waals surface area contributed by atoms with E-state index in [1.807, 2.05) is 28.7 Å². The normalized spacial score (nSPS) is 10.7. The van der Waals surface area contributed by atoms with Crippen LogP contribution >= 0.6 is 11.8 Å². The molecule has 0 aliphatic rings. The minimum atomic E-state index is 0.616. The summed E-state index contributed by atoms with van der Waals surface area (Å²) in [6, 6.07) is 1.84. The molecule has 2 N–H and O–H groups in total. The molecule has 0 saturated carbocycles. The van der Waals surface area contributed by atoms with E-state index >= 15 is 0 Å². The molecule has 4 heteroatoms. The summed E-state index contributed by atoms with van der Waals surface area (Å²) in [5, 5.41) is 4.14. The van der Waals surface area contributed by atoms with Crippen molar-refractivity contribution in [3.05, 3.63) is 12.3 Å². The Hall–Kier alpha value is -0.640. The molecule has 0 aromatic carbocycles. The lowest BCUT2D eigenvalue weighted by molar-refractivity contribution is 0.608. The van der Waals surface area contributed by atoms with Crippen LogP contribution in [-0.2, 0) is 6.54 Å². The molecule has 1 heterocycles. The van der Waals surface area contributed by atoms with Gasteiger partial charge in [0.25, 0.3) is 0 Å². The molecule has 86 valence electrons. The molecule has 0 unspecified atom stereocenters. The monoisotopic (exact) mass is 227 g/mol. The number of nitrogen functional groups attached to an aromatic ring is 1. The van der Waals surface area contributed by atoms with Crippen LogP contribution < -0.4 is 5.73 Å².